The van der Waals surface area contributed by atoms with Crippen LogP contribution in [0.25, 0.3) is 0 Å². The van der Waals surface area contributed by atoms with E-state index >= 15 is 0 Å². The summed E-state index contributed by atoms with van der Waals surface area (Å²) in [5.41, 5.74) is 0.794. The Balaban J connectivity index is 2.01. The monoisotopic (exact) mass is 338 g/mol. The smallest absolute Gasteiger partial charge is 0.136 e. The highest BCUT2D eigenvalue weighted by Crippen LogP contribution is 2.26. The van der Waals surface area contributed by atoms with Crippen LogP contribution in [0.1, 0.15) is 19.0 Å². The average Bonchev–Trinajstić information content (AvgIpc) is 2.46. The number of nitrogens with zero attached hydrogens (tertiary/aromatic N) is 1. The molecular weight excluding hydrogens is 323 g/mol. The fourth-order valence-corrected chi connectivity index (χ4v) is 2.01. The maximum Gasteiger partial charge on any atom is 0.136 e. The number of pyridine rings is 1. The van der Waals surface area contributed by atoms with Crippen LogP contribution in [0.5, 0.6) is 5.75 Å². The zero-order valence-corrected chi connectivity index (χ0v) is 12.8. The number of aromatic nitrogens is 1. The van der Waals surface area contributed by atoms with E-state index in [1.54, 1.807) is 6.07 Å². The first-order valence-corrected chi connectivity index (χ1v) is 7.26. The summed E-state index contributed by atoms with van der Waals surface area (Å²) in [4.78, 5) is 4.43. The summed E-state index contributed by atoms with van der Waals surface area (Å²) in [5.74, 6) is 0.972. The van der Waals surface area contributed by atoms with E-state index in [1.807, 2.05) is 18.2 Å². The van der Waals surface area contributed by atoms with Crippen LogP contribution in [-0.2, 0) is 6.61 Å². The Bertz CT molecular complexity index is 578. The largest absolute Gasteiger partial charge is 0.486 e. The van der Waals surface area contributed by atoms with Crippen molar-refractivity contribution >= 4 is 21.7 Å². The molecule has 0 aliphatic rings. The molecule has 20 heavy (non-hydrogen) atoms. The van der Waals surface area contributed by atoms with Gasteiger partial charge in [-0.25, -0.2) is 9.37 Å². The molecule has 0 aliphatic carbocycles. The fourth-order valence-electron chi connectivity index (χ4n) is 1.65. The second kappa shape index (κ2) is 7.24. The van der Waals surface area contributed by atoms with Gasteiger partial charge in [-0.05, 0) is 46.6 Å². The lowest BCUT2D eigenvalue weighted by Crippen LogP contribution is -2.05. The molecule has 1 aromatic heterocycles. The summed E-state index contributed by atoms with van der Waals surface area (Å²) in [7, 11) is 0. The first-order valence-electron chi connectivity index (χ1n) is 6.46. The highest BCUT2D eigenvalue weighted by molar-refractivity contribution is 9.10. The van der Waals surface area contributed by atoms with Gasteiger partial charge in [0.1, 0.15) is 24.0 Å². The van der Waals surface area contributed by atoms with Gasteiger partial charge < -0.3 is 10.1 Å². The van der Waals surface area contributed by atoms with Gasteiger partial charge in [0.25, 0.3) is 0 Å². The third kappa shape index (κ3) is 4.20. The summed E-state index contributed by atoms with van der Waals surface area (Å²) < 4.78 is 19.5. The van der Waals surface area contributed by atoms with Crippen LogP contribution < -0.4 is 10.1 Å². The van der Waals surface area contributed by atoms with Gasteiger partial charge in [-0.1, -0.05) is 13.0 Å². The van der Waals surface area contributed by atoms with Crippen LogP contribution in [0.15, 0.2) is 40.9 Å². The van der Waals surface area contributed by atoms with E-state index in [0.29, 0.717) is 12.4 Å². The topological polar surface area (TPSA) is 34.1 Å². The van der Waals surface area contributed by atoms with Gasteiger partial charge >= 0.3 is 0 Å². The van der Waals surface area contributed by atoms with E-state index in [1.165, 1.54) is 12.1 Å². The van der Waals surface area contributed by atoms with Gasteiger partial charge in [-0.15, -0.1) is 0 Å². The van der Waals surface area contributed by atoms with Crippen molar-refractivity contribution < 1.29 is 9.13 Å². The Morgan fingerprint density at radius 3 is 2.95 bits per heavy atom. The second-order valence-electron chi connectivity index (χ2n) is 4.30. The van der Waals surface area contributed by atoms with Gasteiger partial charge in [0.05, 0.1) is 10.2 Å². The van der Waals surface area contributed by atoms with E-state index in [9.17, 15) is 4.39 Å². The first kappa shape index (κ1) is 14.8. The Kier molecular flexibility index (Phi) is 5.35. The Labute approximate surface area is 126 Å². The van der Waals surface area contributed by atoms with E-state index in [2.05, 4.69) is 33.2 Å². The second-order valence-corrected chi connectivity index (χ2v) is 5.16. The Morgan fingerprint density at radius 1 is 1.30 bits per heavy atom. The molecule has 0 spiro atoms. The number of hydrogen-bond donors (Lipinski definition) is 1. The molecule has 0 unspecified atom stereocenters. The molecule has 0 bridgehead atoms. The molecule has 2 rings (SSSR count). The van der Waals surface area contributed by atoms with Crippen LogP contribution >= 0.6 is 15.9 Å². The minimum absolute atomic E-state index is 0.295. The highest BCUT2D eigenvalue weighted by atomic mass is 79.9. The molecule has 0 atom stereocenters. The van der Waals surface area contributed by atoms with Gasteiger partial charge in [-0.3, -0.25) is 0 Å². The number of hydrogen-bond acceptors (Lipinski definition) is 3. The summed E-state index contributed by atoms with van der Waals surface area (Å²) in [6, 6.07) is 10.1. The van der Waals surface area contributed by atoms with Crippen molar-refractivity contribution in [1.29, 1.82) is 0 Å². The number of nitrogens with one attached hydrogen (secondary N) is 1. The molecule has 1 aromatic carbocycles. The molecule has 0 amide bonds. The number of ether oxygens (including phenoxy) is 1. The Morgan fingerprint density at radius 2 is 2.15 bits per heavy atom. The van der Waals surface area contributed by atoms with Crippen molar-refractivity contribution in [3.05, 3.63) is 52.4 Å². The zero-order chi connectivity index (χ0) is 14.4. The standard InChI is InChI=1S/C15H16BrFN2O/c1-2-8-18-15-5-3-4-12(19-15)10-20-14-9-11(17)6-7-13(14)16/h3-7,9H,2,8,10H2,1H3,(H,18,19). The number of halogens is 2. The van der Waals surface area contributed by atoms with Crippen LogP contribution in [0.4, 0.5) is 10.2 Å². The lowest BCUT2D eigenvalue weighted by atomic mass is 10.3. The van der Waals surface area contributed by atoms with Crippen molar-refractivity contribution in [2.75, 3.05) is 11.9 Å². The van der Waals surface area contributed by atoms with Crippen molar-refractivity contribution in [3.8, 4) is 5.75 Å². The first-order chi connectivity index (χ1) is 9.69. The van der Waals surface area contributed by atoms with Crippen molar-refractivity contribution in [2.24, 2.45) is 0 Å². The predicted molar refractivity (Wildman–Crippen MR) is 81.4 cm³/mol. The number of benzene rings is 1. The molecule has 1 N–H and O–H groups in total. The normalized spacial score (nSPS) is 10.3. The van der Waals surface area contributed by atoms with Crippen molar-refractivity contribution in [3.63, 3.8) is 0 Å². The molecule has 0 aliphatic heterocycles. The van der Waals surface area contributed by atoms with Crippen LogP contribution in [0.2, 0.25) is 0 Å². The highest BCUT2D eigenvalue weighted by Gasteiger charge is 2.04. The lowest BCUT2D eigenvalue weighted by molar-refractivity contribution is 0.298. The molecule has 0 radical (unpaired) electrons. The molecule has 1 heterocycles. The van der Waals surface area contributed by atoms with Gasteiger partial charge in [0, 0.05) is 12.6 Å². The third-order valence-electron chi connectivity index (χ3n) is 2.63. The molecule has 3 nitrogen and oxygen atoms in total. The van der Waals surface area contributed by atoms with Gasteiger partial charge in [0.2, 0.25) is 0 Å². The maximum atomic E-state index is 13.1. The van der Waals surface area contributed by atoms with E-state index in [-0.39, 0.29) is 5.82 Å². The molecule has 0 fully saturated rings. The van der Waals surface area contributed by atoms with E-state index in [0.717, 1.165) is 29.0 Å². The van der Waals surface area contributed by atoms with Crippen molar-refractivity contribution in [2.45, 2.75) is 20.0 Å². The summed E-state index contributed by atoms with van der Waals surface area (Å²) >= 11 is 3.33. The van der Waals surface area contributed by atoms with E-state index in [4.69, 9.17) is 4.74 Å². The molecule has 106 valence electrons. The fraction of sp³-hybridized carbons (Fsp3) is 0.267. The van der Waals surface area contributed by atoms with Crippen LogP contribution in [0, 0.1) is 5.82 Å². The third-order valence-corrected chi connectivity index (χ3v) is 3.29. The van der Waals surface area contributed by atoms with Gasteiger partial charge in [-0.2, -0.15) is 0 Å². The summed E-state index contributed by atoms with van der Waals surface area (Å²) in [5, 5.41) is 3.22. The average molecular weight is 339 g/mol. The van der Waals surface area contributed by atoms with Crippen LogP contribution in [-0.4, -0.2) is 11.5 Å². The van der Waals surface area contributed by atoms with Gasteiger partial charge in [0.15, 0.2) is 0 Å². The lowest BCUT2D eigenvalue weighted by Gasteiger charge is -2.09. The molecular formula is C15H16BrFN2O. The molecule has 5 heteroatoms. The quantitative estimate of drug-likeness (QED) is 0.848. The molecule has 0 saturated heterocycles. The van der Waals surface area contributed by atoms with Crippen LogP contribution in [0.3, 0.4) is 0 Å². The van der Waals surface area contributed by atoms with Crippen molar-refractivity contribution in [1.82, 2.24) is 4.98 Å². The van der Waals surface area contributed by atoms with E-state index < -0.39 is 0 Å². The Hall–Kier alpha value is -1.62. The summed E-state index contributed by atoms with van der Waals surface area (Å²) in [6.45, 7) is 3.28. The minimum Gasteiger partial charge on any atom is -0.486 e. The summed E-state index contributed by atoms with van der Waals surface area (Å²) in [6.07, 6.45) is 1.04. The number of anilines is 1. The molecule has 2 aromatic rings. The minimum atomic E-state index is -0.325. The number of rotatable bonds is 6. The molecule has 0 saturated carbocycles. The zero-order valence-electron chi connectivity index (χ0n) is 11.2. The SMILES string of the molecule is CCCNc1cccc(COc2cc(F)ccc2Br)n1. The maximum absolute atomic E-state index is 13.1. The predicted octanol–water partition coefficient (Wildman–Crippen LogP) is 4.38.